The van der Waals surface area contributed by atoms with Crippen molar-refractivity contribution < 1.29 is 27.8 Å². The van der Waals surface area contributed by atoms with Crippen molar-refractivity contribution in [3.05, 3.63) is 59.3 Å². The minimum atomic E-state index is -5.00. The second-order valence-corrected chi connectivity index (χ2v) is 8.48. The Morgan fingerprint density at radius 2 is 1.85 bits per heavy atom. The molecule has 0 saturated carbocycles. The first-order valence-electron chi connectivity index (χ1n) is 10.8. The van der Waals surface area contributed by atoms with Crippen molar-refractivity contribution >= 4 is 16.6 Å². The predicted octanol–water partition coefficient (Wildman–Crippen LogP) is 5.76. The SMILES string of the molecule is CCC1c2c(ccc(F)c2O)C(Nc2cccc3nc(C)ncc23)C(O)(C(F)(F)F)C1CC. The van der Waals surface area contributed by atoms with Crippen molar-refractivity contribution in [1.82, 2.24) is 9.97 Å². The van der Waals surface area contributed by atoms with Crippen LogP contribution in [0.25, 0.3) is 10.9 Å². The van der Waals surface area contributed by atoms with Crippen LogP contribution in [-0.4, -0.2) is 32.0 Å². The van der Waals surface area contributed by atoms with Crippen LogP contribution in [-0.2, 0) is 0 Å². The average Bonchev–Trinajstić information content (AvgIpc) is 2.76. The number of hydrogen-bond donors (Lipinski definition) is 3. The van der Waals surface area contributed by atoms with Gasteiger partial charge in [-0.05, 0) is 49.4 Å². The van der Waals surface area contributed by atoms with E-state index in [0.717, 1.165) is 6.07 Å². The number of rotatable bonds is 4. The smallest absolute Gasteiger partial charge is 0.419 e. The Balaban J connectivity index is 1.99. The van der Waals surface area contributed by atoms with Gasteiger partial charge in [0.05, 0.1) is 11.6 Å². The summed E-state index contributed by atoms with van der Waals surface area (Å²) < 4.78 is 58.1. The van der Waals surface area contributed by atoms with E-state index in [-0.39, 0.29) is 24.0 Å². The topological polar surface area (TPSA) is 78.3 Å². The number of aliphatic hydroxyl groups is 1. The van der Waals surface area contributed by atoms with Gasteiger partial charge >= 0.3 is 6.18 Å². The number of hydrogen-bond acceptors (Lipinski definition) is 5. The minimum Gasteiger partial charge on any atom is -0.505 e. The van der Waals surface area contributed by atoms with Gasteiger partial charge in [-0.15, -0.1) is 0 Å². The van der Waals surface area contributed by atoms with Crippen molar-refractivity contribution in [1.29, 1.82) is 0 Å². The van der Waals surface area contributed by atoms with E-state index in [0.29, 0.717) is 22.4 Å². The van der Waals surface area contributed by atoms with Crippen molar-refractivity contribution in [3.63, 3.8) is 0 Å². The first-order chi connectivity index (χ1) is 15.5. The van der Waals surface area contributed by atoms with Gasteiger partial charge in [0.2, 0.25) is 0 Å². The quantitative estimate of drug-likeness (QED) is 0.429. The van der Waals surface area contributed by atoms with Crippen LogP contribution in [0.3, 0.4) is 0 Å². The fraction of sp³-hybridized carbons (Fsp3) is 0.417. The third kappa shape index (κ3) is 3.49. The maximum atomic E-state index is 14.6. The summed E-state index contributed by atoms with van der Waals surface area (Å²) in [6.45, 7) is 4.92. The van der Waals surface area contributed by atoms with Crippen molar-refractivity contribution in [2.45, 2.75) is 57.3 Å². The third-order valence-corrected chi connectivity index (χ3v) is 6.75. The fourth-order valence-corrected chi connectivity index (χ4v) is 5.27. The van der Waals surface area contributed by atoms with E-state index < -0.39 is 41.2 Å². The molecule has 0 bridgehead atoms. The van der Waals surface area contributed by atoms with Crippen LogP contribution in [0.1, 0.15) is 55.6 Å². The number of alkyl halides is 3. The van der Waals surface area contributed by atoms with Gasteiger partial charge in [-0.1, -0.05) is 26.0 Å². The van der Waals surface area contributed by atoms with Crippen molar-refractivity contribution in [3.8, 4) is 5.75 Å². The Hall–Kier alpha value is -2.94. The Labute approximate surface area is 188 Å². The van der Waals surface area contributed by atoms with Crippen LogP contribution in [0.15, 0.2) is 36.5 Å². The molecule has 176 valence electrons. The largest absolute Gasteiger partial charge is 0.505 e. The van der Waals surface area contributed by atoms with Crippen LogP contribution in [0.4, 0.5) is 23.2 Å². The number of phenols is 1. The number of nitrogens with zero attached hydrogens (tertiary/aromatic N) is 2. The van der Waals surface area contributed by atoms with Gasteiger partial charge in [0.1, 0.15) is 5.82 Å². The second-order valence-electron chi connectivity index (χ2n) is 8.48. The van der Waals surface area contributed by atoms with E-state index in [2.05, 4.69) is 15.3 Å². The lowest BCUT2D eigenvalue weighted by molar-refractivity contribution is -0.292. The summed E-state index contributed by atoms with van der Waals surface area (Å²) in [6.07, 6.45) is -3.34. The van der Waals surface area contributed by atoms with E-state index >= 15 is 0 Å². The summed E-state index contributed by atoms with van der Waals surface area (Å²) in [5.41, 5.74) is -2.24. The number of nitrogens with one attached hydrogen (secondary N) is 1. The normalized spacial score (nSPS) is 25.2. The molecule has 0 saturated heterocycles. The average molecular weight is 463 g/mol. The minimum absolute atomic E-state index is 0.00954. The monoisotopic (exact) mass is 463 g/mol. The third-order valence-electron chi connectivity index (χ3n) is 6.75. The molecule has 4 unspecified atom stereocenters. The highest BCUT2D eigenvalue weighted by molar-refractivity contribution is 5.91. The van der Waals surface area contributed by atoms with Gasteiger partial charge in [-0.2, -0.15) is 13.2 Å². The molecule has 3 aromatic rings. The maximum Gasteiger partial charge on any atom is 0.419 e. The number of anilines is 1. The van der Waals surface area contributed by atoms with Crippen molar-refractivity contribution in [2.24, 2.45) is 5.92 Å². The predicted molar refractivity (Wildman–Crippen MR) is 117 cm³/mol. The molecule has 3 N–H and O–H groups in total. The molecule has 4 rings (SSSR count). The molecule has 0 aliphatic heterocycles. The van der Waals surface area contributed by atoms with Crippen LogP contribution in [0.2, 0.25) is 0 Å². The first kappa shape index (κ1) is 23.2. The van der Waals surface area contributed by atoms with Gasteiger partial charge < -0.3 is 15.5 Å². The van der Waals surface area contributed by atoms with E-state index in [9.17, 15) is 27.8 Å². The molecule has 0 fully saturated rings. The summed E-state index contributed by atoms with van der Waals surface area (Å²) in [7, 11) is 0. The Morgan fingerprint density at radius 3 is 2.48 bits per heavy atom. The number of aromatic nitrogens is 2. The molecule has 9 heteroatoms. The molecule has 1 aliphatic rings. The Bertz CT molecular complexity index is 1200. The highest BCUT2D eigenvalue weighted by atomic mass is 19.4. The zero-order chi connectivity index (χ0) is 24.1. The summed E-state index contributed by atoms with van der Waals surface area (Å²) in [5, 5.41) is 25.3. The molecular formula is C24H25F4N3O2. The second kappa shape index (κ2) is 8.13. The molecule has 0 spiro atoms. The van der Waals surface area contributed by atoms with E-state index in [1.54, 1.807) is 39.0 Å². The van der Waals surface area contributed by atoms with Crippen molar-refractivity contribution in [2.75, 3.05) is 5.32 Å². The molecule has 33 heavy (non-hydrogen) atoms. The van der Waals surface area contributed by atoms with Gasteiger partial charge in [0, 0.05) is 28.8 Å². The first-order valence-corrected chi connectivity index (χ1v) is 10.8. The number of aromatic hydroxyl groups is 1. The van der Waals surface area contributed by atoms with Crippen LogP contribution < -0.4 is 5.32 Å². The summed E-state index contributed by atoms with van der Waals surface area (Å²) >= 11 is 0. The molecule has 2 aromatic carbocycles. The molecule has 1 aromatic heterocycles. The maximum absolute atomic E-state index is 14.6. The molecule has 4 atom stereocenters. The van der Waals surface area contributed by atoms with E-state index in [1.165, 1.54) is 12.3 Å². The lowest BCUT2D eigenvalue weighted by Crippen LogP contribution is -2.61. The molecule has 5 nitrogen and oxygen atoms in total. The van der Waals surface area contributed by atoms with E-state index in [4.69, 9.17) is 0 Å². The zero-order valence-corrected chi connectivity index (χ0v) is 18.4. The van der Waals surface area contributed by atoms with Gasteiger partial charge in [-0.3, -0.25) is 0 Å². The van der Waals surface area contributed by atoms with E-state index in [1.807, 2.05) is 0 Å². The summed E-state index contributed by atoms with van der Waals surface area (Å²) in [4.78, 5) is 8.46. The Morgan fingerprint density at radius 1 is 1.12 bits per heavy atom. The molecule has 0 radical (unpaired) electrons. The highest BCUT2D eigenvalue weighted by Crippen LogP contribution is 2.59. The van der Waals surface area contributed by atoms with Gasteiger partial charge in [-0.25, -0.2) is 14.4 Å². The standard InChI is InChI=1S/C24H25F4N3O2/c1-4-13-16(5-2)23(33,24(26,27)28)22(14-9-10-17(25)21(32)20(13)14)31-19-8-6-7-18-15(19)11-29-12(3)30-18/h6-11,13,16,22,31-33H,4-5H2,1-3H3. The van der Waals surface area contributed by atoms with Gasteiger partial charge in [0.15, 0.2) is 17.2 Å². The lowest BCUT2D eigenvalue weighted by atomic mass is 9.61. The number of benzene rings is 2. The fourth-order valence-electron chi connectivity index (χ4n) is 5.27. The number of aryl methyl sites for hydroxylation is 1. The number of phenolic OH excluding ortho intramolecular Hbond substituents is 1. The molecule has 1 heterocycles. The summed E-state index contributed by atoms with van der Waals surface area (Å²) in [6, 6.07) is 5.37. The zero-order valence-electron chi connectivity index (χ0n) is 18.4. The van der Waals surface area contributed by atoms with Crippen LogP contribution in [0, 0.1) is 18.7 Å². The lowest BCUT2D eigenvalue weighted by Gasteiger charge is -2.51. The Kier molecular flexibility index (Phi) is 5.72. The molecule has 0 amide bonds. The highest BCUT2D eigenvalue weighted by Gasteiger charge is 2.67. The van der Waals surface area contributed by atoms with Crippen LogP contribution in [0.5, 0.6) is 5.75 Å². The number of fused-ring (bicyclic) bond motifs is 2. The molecular weight excluding hydrogens is 438 g/mol. The van der Waals surface area contributed by atoms with Gasteiger partial charge in [0.25, 0.3) is 0 Å². The molecule has 1 aliphatic carbocycles. The van der Waals surface area contributed by atoms with Crippen LogP contribution >= 0.6 is 0 Å². The number of halogens is 4. The summed E-state index contributed by atoms with van der Waals surface area (Å²) in [5.74, 6) is -3.28.